The van der Waals surface area contributed by atoms with E-state index in [4.69, 9.17) is 0 Å². The quantitative estimate of drug-likeness (QED) is 0.788. The third-order valence-electron chi connectivity index (χ3n) is 4.82. The van der Waals surface area contributed by atoms with Crippen LogP contribution in [0.3, 0.4) is 0 Å². The second-order valence-corrected chi connectivity index (χ2v) is 7.09. The lowest BCUT2D eigenvalue weighted by Gasteiger charge is -2.31. The van der Waals surface area contributed by atoms with Gasteiger partial charge in [0.05, 0.1) is 6.54 Å². The van der Waals surface area contributed by atoms with Crippen LogP contribution in [0.5, 0.6) is 0 Å². The summed E-state index contributed by atoms with van der Waals surface area (Å²) >= 11 is 0. The smallest absolute Gasteiger partial charge is 0.234 e. The summed E-state index contributed by atoms with van der Waals surface area (Å²) in [5.74, 6) is -0.107. The Morgan fingerprint density at radius 2 is 1.56 bits per heavy atom. The first-order valence-corrected chi connectivity index (χ1v) is 9.14. The van der Waals surface area contributed by atoms with Gasteiger partial charge in [0.2, 0.25) is 11.8 Å². The molecule has 0 aromatic heterocycles. The molecule has 2 fully saturated rings. The lowest BCUT2D eigenvalue weighted by atomic mass is 10.0. The van der Waals surface area contributed by atoms with Gasteiger partial charge in [-0.05, 0) is 49.8 Å². The van der Waals surface area contributed by atoms with E-state index in [0.29, 0.717) is 25.4 Å². The van der Waals surface area contributed by atoms with Crippen LogP contribution in [0.25, 0.3) is 0 Å². The molecule has 0 radical (unpaired) electrons. The molecule has 1 aromatic carbocycles. The lowest BCUT2D eigenvalue weighted by molar-refractivity contribution is -0.124. The van der Waals surface area contributed by atoms with Crippen molar-refractivity contribution in [3.8, 4) is 0 Å². The number of nitrogens with zero attached hydrogens (tertiary/aromatic N) is 1. The molecule has 5 nitrogen and oxygen atoms in total. The van der Waals surface area contributed by atoms with Crippen molar-refractivity contribution in [2.45, 2.75) is 50.6 Å². The van der Waals surface area contributed by atoms with E-state index in [1.165, 1.54) is 12.1 Å². The van der Waals surface area contributed by atoms with E-state index < -0.39 is 0 Å². The van der Waals surface area contributed by atoms with E-state index in [-0.39, 0.29) is 23.7 Å². The van der Waals surface area contributed by atoms with E-state index in [0.717, 1.165) is 44.3 Å². The number of carbonyl (C=O) groups is 2. The van der Waals surface area contributed by atoms with Gasteiger partial charge >= 0.3 is 0 Å². The Kier molecular flexibility index (Phi) is 6.02. The molecule has 2 amide bonds. The van der Waals surface area contributed by atoms with Crippen LogP contribution in [0.4, 0.5) is 4.39 Å². The molecule has 2 aliphatic rings. The van der Waals surface area contributed by atoms with Crippen molar-refractivity contribution in [2.75, 3.05) is 19.6 Å². The minimum Gasteiger partial charge on any atom is -0.353 e. The molecule has 3 rings (SSSR count). The van der Waals surface area contributed by atoms with Gasteiger partial charge in [0.25, 0.3) is 0 Å². The first kappa shape index (κ1) is 17.9. The third-order valence-corrected chi connectivity index (χ3v) is 4.82. The van der Waals surface area contributed by atoms with Crippen LogP contribution >= 0.6 is 0 Å². The summed E-state index contributed by atoms with van der Waals surface area (Å²) < 4.78 is 12.9. The molecule has 1 saturated carbocycles. The number of halogens is 1. The average molecular weight is 347 g/mol. The molecular weight excluding hydrogens is 321 g/mol. The van der Waals surface area contributed by atoms with Crippen molar-refractivity contribution in [1.29, 1.82) is 0 Å². The Balaban J connectivity index is 1.31. The Morgan fingerprint density at radius 1 is 0.960 bits per heavy atom. The second kappa shape index (κ2) is 8.43. The summed E-state index contributed by atoms with van der Waals surface area (Å²) in [4.78, 5) is 26.0. The zero-order valence-electron chi connectivity index (χ0n) is 14.5. The van der Waals surface area contributed by atoms with Crippen molar-refractivity contribution < 1.29 is 14.0 Å². The van der Waals surface area contributed by atoms with Crippen LogP contribution in [0.15, 0.2) is 24.3 Å². The Morgan fingerprint density at radius 3 is 2.20 bits per heavy atom. The van der Waals surface area contributed by atoms with Gasteiger partial charge in [-0.15, -0.1) is 0 Å². The topological polar surface area (TPSA) is 61.4 Å². The number of hydrogen-bond acceptors (Lipinski definition) is 3. The van der Waals surface area contributed by atoms with E-state index in [1.54, 1.807) is 12.1 Å². The molecule has 1 aliphatic heterocycles. The molecule has 0 bridgehead atoms. The fourth-order valence-electron chi connectivity index (χ4n) is 3.15. The van der Waals surface area contributed by atoms with Gasteiger partial charge in [0, 0.05) is 31.6 Å². The lowest BCUT2D eigenvalue weighted by Crippen LogP contribution is -2.47. The highest BCUT2D eigenvalue weighted by atomic mass is 19.1. The normalized spacial score (nSPS) is 18.8. The van der Waals surface area contributed by atoms with Crippen molar-refractivity contribution in [2.24, 2.45) is 0 Å². The first-order valence-electron chi connectivity index (χ1n) is 9.14. The molecule has 25 heavy (non-hydrogen) atoms. The summed E-state index contributed by atoms with van der Waals surface area (Å²) in [7, 11) is 0. The molecule has 0 atom stereocenters. The van der Waals surface area contributed by atoms with Gasteiger partial charge in [-0.1, -0.05) is 12.1 Å². The number of piperidine rings is 1. The predicted octanol–water partition coefficient (Wildman–Crippen LogP) is 1.62. The fraction of sp³-hybridized carbons (Fsp3) is 0.579. The SMILES string of the molecule is O=C(CCc1ccc(F)cc1)NC1CCN(CC(=O)NC2CC2)CC1. The van der Waals surface area contributed by atoms with Crippen LogP contribution in [0.2, 0.25) is 0 Å². The number of amides is 2. The van der Waals surface area contributed by atoms with Gasteiger partial charge < -0.3 is 10.6 Å². The van der Waals surface area contributed by atoms with Gasteiger partial charge in [-0.2, -0.15) is 0 Å². The molecule has 0 spiro atoms. The van der Waals surface area contributed by atoms with Crippen LogP contribution in [-0.2, 0) is 16.0 Å². The van der Waals surface area contributed by atoms with Gasteiger partial charge in [-0.25, -0.2) is 4.39 Å². The number of aryl methyl sites for hydroxylation is 1. The predicted molar refractivity (Wildman–Crippen MR) is 93.5 cm³/mol. The van der Waals surface area contributed by atoms with E-state index in [1.807, 2.05) is 0 Å². The number of carbonyl (C=O) groups excluding carboxylic acids is 2. The maximum atomic E-state index is 12.9. The van der Waals surface area contributed by atoms with Crippen LogP contribution in [0.1, 0.15) is 37.7 Å². The molecule has 0 unspecified atom stereocenters. The highest BCUT2D eigenvalue weighted by molar-refractivity contribution is 5.78. The number of nitrogens with one attached hydrogen (secondary N) is 2. The maximum absolute atomic E-state index is 12.9. The Bertz CT molecular complexity index is 593. The number of likely N-dealkylation sites (tertiary alicyclic amines) is 1. The van der Waals surface area contributed by atoms with Gasteiger partial charge in [0.1, 0.15) is 5.82 Å². The molecule has 1 aliphatic carbocycles. The minimum absolute atomic E-state index is 0.0363. The highest BCUT2D eigenvalue weighted by Gasteiger charge is 2.26. The molecule has 6 heteroatoms. The largest absolute Gasteiger partial charge is 0.353 e. The molecule has 136 valence electrons. The first-order chi connectivity index (χ1) is 12.1. The Labute approximate surface area is 148 Å². The maximum Gasteiger partial charge on any atom is 0.234 e. The Hall–Kier alpha value is -1.95. The summed E-state index contributed by atoms with van der Waals surface area (Å²) in [6.07, 6.45) is 5.00. The molecule has 1 aromatic rings. The second-order valence-electron chi connectivity index (χ2n) is 7.09. The molecule has 1 heterocycles. The molecule has 1 saturated heterocycles. The van der Waals surface area contributed by atoms with Gasteiger partial charge in [-0.3, -0.25) is 14.5 Å². The zero-order valence-corrected chi connectivity index (χ0v) is 14.5. The third kappa shape index (κ3) is 6.12. The van der Waals surface area contributed by atoms with Crippen molar-refractivity contribution in [3.63, 3.8) is 0 Å². The summed E-state index contributed by atoms with van der Waals surface area (Å²) in [5, 5.41) is 6.08. The number of benzene rings is 1. The average Bonchev–Trinajstić information content (AvgIpc) is 3.40. The number of rotatable bonds is 7. The highest BCUT2D eigenvalue weighted by Crippen LogP contribution is 2.18. The van der Waals surface area contributed by atoms with Crippen molar-refractivity contribution >= 4 is 11.8 Å². The summed E-state index contributed by atoms with van der Waals surface area (Å²) in [5.41, 5.74) is 0.966. The molecular formula is C19H26FN3O2. The zero-order chi connectivity index (χ0) is 17.6. The van der Waals surface area contributed by atoms with Crippen LogP contribution < -0.4 is 10.6 Å². The van der Waals surface area contributed by atoms with Crippen LogP contribution in [0, 0.1) is 5.82 Å². The fourth-order valence-corrected chi connectivity index (χ4v) is 3.15. The van der Waals surface area contributed by atoms with E-state index in [9.17, 15) is 14.0 Å². The summed E-state index contributed by atoms with van der Waals surface area (Å²) in [6.45, 7) is 2.13. The summed E-state index contributed by atoms with van der Waals surface area (Å²) in [6, 6.07) is 6.86. The van der Waals surface area contributed by atoms with Gasteiger partial charge in [0.15, 0.2) is 0 Å². The van der Waals surface area contributed by atoms with Crippen molar-refractivity contribution in [3.05, 3.63) is 35.6 Å². The van der Waals surface area contributed by atoms with E-state index >= 15 is 0 Å². The standard InChI is InChI=1S/C19H26FN3O2/c20-15-4-1-14(2-5-15)3-8-18(24)21-17-9-11-23(12-10-17)13-19(25)22-16-6-7-16/h1-2,4-5,16-17H,3,6-13H2,(H,21,24)(H,22,25). The van der Waals surface area contributed by atoms with E-state index in [2.05, 4.69) is 15.5 Å². The van der Waals surface area contributed by atoms with Crippen molar-refractivity contribution in [1.82, 2.24) is 15.5 Å². The monoisotopic (exact) mass is 347 g/mol. The number of hydrogen-bond donors (Lipinski definition) is 2. The minimum atomic E-state index is -0.259. The van der Waals surface area contributed by atoms with Crippen LogP contribution in [-0.4, -0.2) is 48.4 Å². The molecule has 2 N–H and O–H groups in total.